The number of aromatic nitrogens is 1. The van der Waals surface area contributed by atoms with Gasteiger partial charge in [0.25, 0.3) is 10.0 Å². The van der Waals surface area contributed by atoms with Gasteiger partial charge in [0.1, 0.15) is 0 Å². The molecule has 1 spiro atoms. The molecule has 1 aromatic heterocycles. The van der Waals surface area contributed by atoms with E-state index in [1.807, 2.05) is 19.1 Å². The fourth-order valence-corrected chi connectivity index (χ4v) is 9.68. The van der Waals surface area contributed by atoms with E-state index in [9.17, 15) is 21.6 Å². The topological polar surface area (TPSA) is 117 Å². The fraction of sp³-hybridized carbons (Fsp3) is 0.545. The Morgan fingerprint density at radius 2 is 1.62 bits per heavy atom. The summed E-state index contributed by atoms with van der Waals surface area (Å²) in [6.07, 6.45) is 1.92. The largest absolute Gasteiger partial charge is 0.302 e. The van der Waals surface area contributed by atoms with Gasteiger partial charge in [-0.25, -0.2) is 21.8 Å². The molecule has 0 aliphatic carbocycles. The van der Waals surface area contributed by atoms with Crippen molar-refractivity contribution in [2.45, 2.75) is 56.1 Å². The molecule has 186 valence electrons. The maximum Gasteiger partial charge on any atom is 0.254 e. The molecule has 2 saturated heterocycles. The molecule has 0 unspecified atom stereocenters. The van der Waals surface area contributed by atoms with Gasteiger partial charge in [-0.05, 0) is 62.6 Å². The lowest BCUT2D eigenvalue weighted by molar-refractivity contribution is -0.114. The third-order valence-corrected chi connectivity index (χ3v) is 12.3. The number of nitrogens with one attached hydrogen (secondary N) is 1. The SMILES string of the molecule is CC(=O)Nc1nc(C)c(S(=O)(=O)N2CCC3(CCN(S(=O)(=O)c4cc(C)ccc4C)CC3)C2)s1. The van der Waals surface area contributed by atoms with Gasteiger partial charge in [-0.3, -0.25) is 4.79 Å². The molecular weight excluding hydrogens is 496 g/mol. The molecule has 1 N–H and O–H groups in total. The Morgan fingerprint density at radius 1 is 1.00 bits per heavy atom. The first-order chi connectivity index (χ1) is 15.8. The number of hydrogen-bond acceptors (Lipinski definition) is 7. The van der Waals surface area contributed by atoms with Crippen molar-refractivity contribution in [3.05, 3.63) is 35.0 Å². The first-order valence-electron chi connectivity index (χ1n) is 11.2. The predicted octanol–water partition coefficient (Wildman–Crippen LogP) is 2.89. The third kappa shape index (κ3) is 4.66. The Bertz CT molecular complexity index is 1330. The lowest BCUT2D eigenvalue weighted by Gasteiger charge is -2.38. The number of hydrogen-bond donors (Lipinski definition) is 1. The van der Waals surface area contributed by atoms with Crippen LogP contribution in [-0.2, 0) is 24.8 Å². The molecule has 0 radical (unpaired) electrons. The van der Waals surface area contributed by atoms with Crippen LogP contribution in [0.2, 0.25) is 0 Å². The Kier molecular flexibility index (Phi) is 6.66. The van der Waals surface area contributed by atoms with Crippen molar-refractivity contribution in [2.75, 3.05) is 31.5 Å². The van der Waals surface area contributed by atoms with Crippen LogP contribution in [0.25, 0.3) is 0 Å². The molecule has 12 heteroatoms. The molecule has 0 bridgehead atoms. The van der Waals surface area contributed by atoms with Crippen molar-refractivity contribution >= 4 is 42.4 Å². The van der Waals surface area contributed by atoms with Crippen LogP contribution in [0.15, 0.2) is 27.3 Å². The number of carbonyl (C=O) groups is 1. The second kappa shape index (κ2) is 8.98. The summed E-state index contributed by atoms with van der Waals surface area (Å²) in [4.78, 5) is 15.8. The number of anilines is 1. The summed E-state index contributed by atoms with van der Waals surface area (Å²) in [6, 6.07) is 5.44. The highest BCUT2D eigenvalue weighted by molar-refractivity contribution is 7.91. The van der Waals surface area contributed by atoms with Crippen LogP contribution in [0.1, 0.15) is 43.0 Å². The Hall–Kier alpha value is -1.86. The number of aryl methyl sites for hydroxylation is 3. The quantitative estimate of drug-likeness (QED) is 0.640. The standard InChI is InChI=1S/C22H30N4O5S3/c1-15-5-6-16(2)19(13-15)33(28,29)25-10-7-22(8-11-25)9-12-26(14-22)34(30,31)20-17(3)23-21(32-20)24-18(4)27/h5-6,13H,7-12,14H2,1-4H3,(H,23,24,27). The van der Waals surface area contributed by atoms with Crippen LogP contribution in [0, 0.1) is 26.2 Å². The van der Waals surface area contributed by atoms with Gasteiger partial charge in [-0.1, -0.05) is 23.5 Å². The van der Waals surface area contributed by atoms with Gasteiger partial charge in [-0.15, -0.1) is 0 Å². The molecule has 2 aliphatic rings. The van der Waals surface area contributed by atoms with E-state index in [1.165, 1.54) is 15.5 Å². The van der Waals surface area contributed by atoms with E-state index >= 15 is 0 Å². The average Bonchev–Trinajstić information content (AvgIpc) is 3.34. The first-order valence-corrected chi connectivity index (χ1v) is 14.9. The summed E-state index contributed by atoms with van der Waals surface area (Å²) >= 11 is 0.960. The van der Waals surface area contributed by atoms with Crippen molar-refractivity contribution in [2.24, 2.45) is 5.41 Å². The van der Waals surface area contributed by atoms with E-state index in [0.29, 0.717) is 56.0 Å². The van der Waals surface area contributed by atoms with Crippen LogP contribution in [0.3, 0.4) is 0 Å². The third-order valence-electron chi connectivity index (χ3n) is 6.76. The summed E-state index contributed by atoms with van der Waals surface area (Å²) in [5, 5.41) is 2.81. The van der Waals surface area contributed by atoms with Gasteiger partial charge in [0.05, 0.1) is 10.6 Å². The Morgan fingerprint density at radius 3 is 2.24 bits per heavy atom. The van der Waals surface area contributed by atoms with Gasteiger partial charge in [0.15, 0.2) is 9.34 Å². The number of carbonyl (C=O) groups excluding carboxylic acids is 1. The van der Waals surface area contributed by atoms with E-state index < -0.39 is 20.0 Å². The van der Waals surface area contributed by atoms with Crippen molar-refractivity contribution < 1.29 is 21.6 Å². The number of sulfonamides is 2. The maximum atomic E-state index is 13.3. The molecule has 3 heterocycles. The van der Waals surface area contributed by atoms with Crippen molar-refractivity contribution in [3.8, 4) is 0 Å². The molecule has 2 aromatic rings. The predicted molar refractivity (Wildman–Crippen MR) is 131 cm³/mol. The Balaban J connectivity index is 1.47. The molecule has 0 saturated carbocycles. The lowest BCUT2D eigenvalue weighted by atomic mass is 9.78. The normalized spacial score (nSPS) is 19.5. The highest BCUT2D eigenvalue weighted by Crippen LogP contribution is 2.44. The molecule has 9 nitrogen and oxygen atoms in total. The molecule has 2 aliphatic heterocycles. The molecule has 0 atom stereocenters. The van der Waals surface area contributed by atoms with E-state index in [0.717, 1.165) is 22.5 Å². The zero-order valence-corrected chi connectivity index (χ0v) is 22.2. The van der Waals surface area contributed by atoms with Gasteiger partial charge < -0.3 is 5.32 Å². The number of piperidine rings is 1. The van der Waals surface area contributed by atoms with E-state index in [-0.39, 0.29) is 20.7 Å². The van der Waals surface area contributed by atoms with Crippen LogP contribution < -0.4 is 5.32 Å². The van der Waals surface area contributed by atoms with Crippen molar-refractivity contribution in [3.63, 3.8) is 0 Å². The summed E-state index contributed by atoms with van der Waals surface area (Å²) in [5.41, 5.74) is 1.75. The molecule has 4 rings (SSSR count). The smallest absolute Gasteiger partial charge is 0.254 e. The minimum absolute atomic E-state index is 0.142. The van der Waals surface area contributed by atoms with Crippen molar-refractivity contribution in [1.29, 1.82) is 0 Å². The summed E-state index contributed by atoms with van der Waals surface area (Å²) in [5.74, 6) is -0.305. The minimum Gasteiger partial charge on any atom is -0.302 e. The zero-order valence-electron chi connectivity index (χ0n) is 19.8. The van der Waals surface area contributed by atoms with Crippen LogP contribution in [0.5, 0.6) is 0 Å². The minimum atomic E-state index is -3.75. The number of rotatable bonds is 5. The molecule has 34 heavy (non-hydrogen) atoms. The summed E-state index contributed by atoms with van der Waals surface area (Å²) < 4.78 is 56.4. The number of thiazole rings is 1. The van der Waals surface area contributed by atoms with Crippen LogP contribution in [-0.4, -0.2) is 62.5 Å². The molecule has 1 amide bonds. The second-order valence-corrected chi connectivity index (χ2v) is 14.4. The van der Waals surface area contributed by atoms with E-state index in [1.54, 1.807) is 19.9 Å². The monoisotopic (exact) mass is 526 g/mol. The lowest BCUT2D eigenvalue weighted by Crippen LogP contribution is -2.44. The number of nitrogens with zero attached hydrogens (tertiary/aromatic N) is 3. The zero-order chi connectivity index (χ0) is 24.9. The average molecular weight is 527 g/mol. The van der Waals surface area contributed by atoms with E-state index in [4.69, 9.17) is 0 Å². The molecule has 2 fully saturated rings. The van der Waals surface area contributed by atoms with Crippen LogP contribution in [0.4, 0.5) is 5.13 Å². The Labute approximate surface area is 205 Å². The van der Waals surface area contributed by atoms with Gasteiger partial charge in [0.2, 0.25) is 15.9 Å². The van der Waals surface area contributed by atoms with Crippen LogP contribution >= 0.6 is 11.3 Å². The molecule has 1 aromatic carbocycles. The maximum absolute atomic E-state index is 13.3. The van der Waals surface area contributed by atoms with Gasteiger partial charge in [0, 0.05) is 33.1 Å². The summed E-state index contributed by atoms with van der Waals surface area (Å²) in [6.45, 7) is 8.14. The first kappa shape index (κ1) is 25.2. The van der Waals surface area contributed by atoms with E-state index in [2.05, 4.69) is 10.3 Å². The van der Waals surface area contributed by atoms with Gasteiger partial charge in [-0.2, -0.15) is 8.61 Å². The van der Waals surface area contributed by atoms with Crippen molar-refractivity contribution in [1.82, 2.24) is 13.6 Å². The number of benzene rings is 1. The highest BCUT2D eigenvalue weighted by Gasteiger charge is 2.47. The summed E-state index contributed by atoms with van der Waals surface area (Å²) in [7, 11) is -7.35. The second-order valence-electron chi connectivity index (χ2n) is 9.33. The highest BCUT2D eigenvalue weighted by atomic mass is 32.2. The fourth-order valence-electron chi connectivity index (χ4n) is 4.78. The van der Waals surface area contributed by atoms with Gasteiger partial charge >= 0.3 is 0 Å². The molecular formula is C22H30N4O5S3. The number of amides is 1.